The molecule has 0 amide bonds. The van der Waals surface area contributed by atoms with E-state index in [1.54, 1.807) is 12.1 Å². The fourth-order valence-electron chi connectivity index (χ4n) is 5.90. The normalized spacial score (nSPS) is 14.5. The molecule has 0 aromatic heterocycles. The first-order valence-corrected chi connectivity index (χ1v) is 19.8. The number of nitrogens with zero attached hydrogens (tertiary/aromatic N) is 1. The molecule has 1 fully saturated rings. The van der Waals surface area contributed by atoms with Crippen molar-refractivity contribution in [3.63, 3.8) is 0 Å². The summed E-state index contributed by atoms with van der Waals surface area (Å²) in [7, 11) is 1.96. The Balaban J connectivity index is -0.000000303. The molecule has 0 bridgehead atoms. The Morgan fingerprint density at radius 3 is 1.73 bits per heavy atom. The van der Waals surface area contributed by atoms with E-state index in [-0.39, 0.29) is 0 Å². The molecule has 5 heteroatoms. The summed E-state index contributed by atoms with van der Waals surface area (Å²) in [5, 5.41) is 0. The van der Waals surface area contributed by atoms with Gasteiger partial charge in [0.25, 0.3) is 5.85 Å². The Morgan fingerprint density at radius 1 is 0.918 bits per heavy atom. The standard InChI is InChI=1S/C16H34.C15H21F2NO.C7H14O.2C2H6.C2H2/c1-6-11-16(12-7-2,13-8-3)14-10-15(5)9-4;1-5-6-12(2)18(4)13-7-9-14(10-8-13)19-15(3,17)11-16;1-2-7-3-5-8-6-4-7;3*1-2/h15H,6-14H2,1-5H3;6-10H,5,11H2,1-4H3;7H,2-6H2,1H3;2*1-2H3;1-2H/b;12-6-;;;;. The van der Waals surface area contributed by atoms with Gasteiger partial charge in [-0.2, -0.15) is 4.39 Å². The number of halogens is 2. The number of anilines is 1. The monoisotopic (exact) mass is 696 g/mol. The second-order valence-corrected chi connectivity index (χ2v) is 12.9. The van der Waals surface area contributed by atoms with E-state index in [1.807, 2.05) is 58.7 Å². The lowest BCUT2D eigenvalue weighted by Gasteiger charge is -2.34. The average molecular weight is 696 g/mol. The van der Waals surface area contributed by atoms with Gasteiger partial charge in [0.15, 0.2) is 6.67 Å². The van der Waals surface area contributed by atoms with E-state index in [0.717, 1.165) is 49.8 Å². The fourth-order valence-corrected chi connectivity index (χ4v) is 5.90. The quantitative estimate of drug-likeness (QED) is 0.151. The SMILES string of the molecule is C#C.CC.CC.CC/C=C(/C)N(C)c1ccc(OC(C)(F)CF)cc1.CCC1CCOCC1.CCCC(CCC)(CCC)CCC(C)CC. The van der Waals surface area contributed by atoms with Crippen molar-refractivity contribution in [2.24, 2.45) is 17.3 Å². The van der Waals surface area contributed by atoms with Crippen LogP contribution < -0.4 is 9.64 Å². The largest absolute Gasteiger partial charge is 0.455 e. The summed E-state index contributed by atoms with van der Waals surface area (Å²) in [5.41, 5.74) is 2.78. The van der Waals surface area contributed by atoms with Crippen LogP contribution in [0.4, 0.5) is 14.5 Å². The zero-order chi connectivity index (χ0) is 38.7. The fraction of sp³-hybridized carbons (Fsp3) is 0.773. The van der Waals surface area contributed by atoms with Crippen LogP contribution in [0.5, 0.6) is 5.75 Å². The highest BCUT2D eigenvalue weighted by molar-refractivity contribution is 5.52. The highest BCUT2D eigenvalue weighted by atomic mass is 19.2. The van der Waals surface area contributed by atoms with Crippen molar-refractivity contribution in [2.45, 2.75) is 179 Å². The Morgan fingerprint density at radius 2 is 1.39 bits per heavy atom. The molecule has 1 aliphatic heterocycles. The summed E-state index contributed by atoms with van der Waals surface area (Å²) < 4.78 is 35.8. The van der Waals surface area contributed by atoms with Crippen LogP contribution in [0.3, 0.4) is 0 Å². The van der Waals surface area contributed by atoms with Gasteiger partial charge in [-0.05, 0) is 93.4 Å². The molecule has 1 saturated heterocycles. The van der Waals surface area contributed by atoms with Gasteiger partial charge in [-0.3, -0.25) is 0 Å². The molecule has 0 N–H and O–H groups in total. The van der Waals surface area contributed by atoms with Crippen LogP contribution in [0.2, 0.25) is 0 Å². The second-order valence-electron chi connectivity index (χ2n) is 12.9. The maximum absolute atomic E-state index is 13.4. The minimum atomic E-state index is -2.27. The third-order valence-corrected chi connectivity index (χ3v) is 8.95. The molecule has 1 heterocycles. The van der Waals surface area contributed by atoms with E-state index in [0.29, 0.717) is 11.2 Å². The van der Waals surface area contributed by atoms with E-state index in [2.05, 4.69) is 67.4 Å². The number of hydrogen-bond acceptors (Lipinski definition) is 3. The summed E-state index contributed by atoms with van der Waals surface area (Å²) >= 11 is 0. The number of terminal acetylenes is 1. The topological polar surface area (TPSA) is 21.7 Å². The van der Waals surface area contributed by atoms with Crippen molar-refractivity contribution in [1.82, 2.24) is 0 Å². The van der Waals surface area contributed by atoms with Gasteiger partial charge in [0.2, 0.25) is 0 Å². The molecule has 49 heavy (non-hydrogen) atoms. The number of allylic oxidation sites excluding steroid dienone is 2. The van der Waals surface area contributed by atoms with Crippen LogP contribution in [-0.2, 0) is 4.74 Å². The molecule has 1 aromatic rings. The zero-order valence-corrected chi connectivity index (χ0v) is 35.0. The predicted octanol–water partition coefficient (Wildman–Crippen LogP) is 14.8. The molecule has 290 valence electrons. The Bertz CT molecular complexity index is 842. The minimum absolute atomic E-state index is 0.317. The van der Waals surface area contributed by atoms with E-state index in [9.17, 15) is 8.78 Å². The van der Waals surface area contributed by atoms with Crippen LogP contribution in [0.1, 0.15) is 173 Å². The summed E-state index contributed by atoms with van der Waals surface area (Å²) in [5.74, 6) is -0.0727. The summed E-state index contributed by atoms with van der Waals surface area (Å²) in [6.07, 6.45) is 27.7. The van der Waals surface area contributed by atoms with E-state index in [1.165, 1.54) is 77.0 Å². The molecular formula is C44H83F2NO2. The first kappa shape index (κ1) is 53.7. The van der Waals surface area contributed by atoms with Crippen LogP contribution in [0, 0.1) is 30.1 Å². The molecule has 1 aromatic carbocycles. The number of hydrogen-bond donors (Lipinski definition) is 0. The van der Waals surface area contributed by atoms with Gasteiger partial charge in [0.05, 0.1) is 0 Å². The van der Waals surface area contributed by atoms with Gasteiger partial charge in [-0.1, -0.05) is 121 Å². The van der Waals surface area contributed by atoms with Crippen molar-refractivity contribution in [3.8, 4) is 18.6 Å². The molecule has 0 spiro atoms. The third-order valence-electron chi connectivity index (χ3n) is 8.95. The van der Waals surface area contributed by atoms with Crippen molar-refractivity contribution in [1.29, 1.82) is 0 Å². The third kappa shape index (κ3) is 27.4. The van der Waals surface area contributed by atoms with Gasteiger partial charge in [0.1, 0.15) is 5.75 Å². The number of alkyl halides is 2. The van der Waals surface area contributed by atoms with Gasteiger partial charge in [0, 0.05) is 38.6 Å². The van der Waals surface area contributed by atoms with Gasteiger partial charge in [-0.25, -0.2) is 4.39 Å². The Kier molecular flexibility index (Phi) is 39.2. The highest BCUT2D eigenvalue weighted by Gasteiger charge is 2.27. The summed E-state index contributed by atoms with van der Waals surface area (Å²) in [6, 6.07) is 6.91. The van der Waals surface area contributed by atoms with Crippen LogP contribution in [0.15, 0.2) is 36.0 Å². The molecule has 0 radical (unpaired) electrons. The molecule has 2 atom stereocenters. The lowest BCUT2D eigenvalue weighted by atomic mass is 9.71. The first-order valence-electron chi connectivity index (χ1n) is 19.8. The second kappa shape index (κ2) is 35.8. The van der Waals surface area contributed by atoms with E-state index < -0.39 is 12.5 Å². The minimum Gasteiger partial charge on any atom is -0.455 e. The number of benzene rings is 1. The molecule has 1 aliphatic rings. The van der Waals surface area contributed by atoms with Crippen LogP contribution in [-0.4, -0.2) is 32.8 Å². The van der Waals surface area contributed by atoms with Gasteiger partial charge >= 0.3 is 0 Å². The molecule has 3 nitrogen and oxygen atoms in total. The summed E-state index contributed by atoms with van der Waals surface area (Å²) in [6.45, 7) is 28.0. The first-order chi connectivity index (χ1) is 23.5. The average Bonchev–Trinajstić information content (AvgIpc) is 3.14. The smallest absolute Gasteiger partial charge is 0.273 e. The maximum atomic E-state index is 13.4. The van der Waals surface area contributed by atoms with Crippen LogP contribution >= 0.6 is 0 Å². The molecular weight excluding hydrogens is 612 g/mol. The molecule has 0 aliphatic carbocycles. The molecule has 0 saturated carbocycles. The van der Waals surface area contributed by atoms with E-state index >= 15 is 0 Å². The lowest BCUT2D eigenvalue weighted by Crippen LogP contribution is -2.28. The Labute approximate surface area is 306 Å². The molecule has 2 unspecified atom stereocenters. The number of ether oxygens (including phenoxy) is 2. The Hall–Kier alpha value is -2.06. The van der Waals surface area contributed by atoms with Crippen molar-refractivity contribution in [3.05, 3.63) is 36.0 Å². The van der Waals surface area contributed by atoms with Gasteiger partial charge < -0.3 is 14.4 Å². The number of rotatable bonds is 17. The van der Waals surface area contributed by atoms with Crippen molar-refractivity contribution >= 4 is 5.69 Å². The van der Waals surface area contributed by atoms with Crippen molar-refractivity contribution in [2.75, 3.05) is 31.8 Å². The highest BCUT2D eigenvalue weighted by Crippen LogP contribution is 2.40. The molecule has 2 rings (SSSR count). The zero-order valence-electron chi connectivity index (χ0n) is 35.0. The van der Waals surface area contributed by atoms with Gasteiger partial charge in [-0.15, -0.1) is 12.8 Å². The summed E-state index contributed by atoms with van der Waals surface area (Å²) in [4.78, 5) is 2.02. The van der Waals surface area contributed by atoms with Crippen LogP contribution in [0.25, 0.3) is 0 Å². The lowest BCUT2D eigenvalue weighted by molar-refractivity contribution is -0.0622. The van der Waals surface area contributed by atoms with Crippen molar-refractivity contribution < 1.29 is 18.3 Å². The maximum Gasteiger partial charge on any atom is 0.273 e. The van der Waals surface area contributed by atoms with E-state index in [4.69, 9.17) is 9.47 Å². The predicted molar refractivity (Wildman–Crippen MR) is 217 cm³/mol.